The van der Waals surface area contributed by atoms with Gasteiger partial charge in [0, 0.05) is 48.4 Å². The summed E-state index contributed by atoms with van der Waals surface area (Å²) in [6.07, 6.45) is -5.55. The molecule has 0 aliphatic carbocycles. The van der Waals surface area contributed by atoms with Crippen molar-refractivity contribution in [2.45, 2.75) is 24.8 Å². The summed E-state index contributed by atoms with van der Waals surface area (Å²) in [4.78, 5) is 32.5. The largest absolute Gasteiger partial charge is 0.416 e. The van der Waals surface area contributed by atoms with E-state index < -0.39 is 52.7 Å². The number of nitrogens with zero attached hydrogens (tertiary/aromatic N) is 2. The summed E-state index contributed by atoms with van der Waals surface area (Å²) in [6.45, 7) is -0.156. The van der Waals surface area contributed by atoms with Crippen LogP contribution in [-0.4, -0.2) is 52.3 Å². The number of rotatable bonds is 5. The first-order chi connectivity index (χ1) is 20.3. The molecule has 1 aromatic heterocycles. The number of aromatic nitrogens is 1. The van der Waals surface area contributed by atoms with Crippen molar-refractivity contribution in [2.24, 2.45) is 0 Å². The maximum Gasteiger partial charge on any atom is 0.416 e. The van der Waals surface area contributed by atoms with Gasteiger partial charge in [0.15, 0.2) is 0 Å². The summed E-state index contributed by atoms with van der Waals surface area (Å²) in [5.74, 6) is -1.86. The van der Waals surface area contributed by atoms with Crippen molar-refractivity contribution in [1.29, 1.82) is 0 Å². The smallest absolute Gasteiger partial charge is 0.361 e. The molecule has 1 aliphatic heterocycles. The first-order valence-corrected chi connectivity index (χ1v) is 13.2. The molecule has 0 radical (unpaired) electrons. The van der Waals surface area contributed by atoms with Crippen LogP contribution >= 0.6 is 0 Å². The van der Waals surface area contributed by atoms with E-state index in [0.29, 0.717) is 17.7 Å². The average molecular weight is 604 g/mol. The van der Waals surface area contributed by atoms with Gasteiger partial charge in [-0.2, -0.15) is 26.3 Å². The third kappa shape index (κ3) is 6.73. The normalized spacial score (nSPS) is 16.3. The molecule has 43 heavy (non-hydrogen) atoms. The Morgan fingerprint density at radius 3 is 2.19 bits per heavy atom. The Morgan fingerprint density at radius 1 is 0.884 bits per heavy atom. The van der Waals surface area contributed by atoms with E-state index in [1.54, 1.807) is 12.3 Å². The van der Waals surface area contributed by atoms with Crippen LogP contribution < -0.4 is 0 Å². The fourth-order valence-electron chi connectivity index (χ4n) is 5.14. The highest BCUT2D eigenvalue weighted by atomic mass is 19.4. The molecule has 1 unspecified atom stereocenters. The van der Waals surface area contributed by atoms with Crippen molar-refractivity contribution in [1.82, 2.24) is 14.8 Å². The summed E-state index contributed by atoms with van der Waals surface area (Å²) in [5.41, 5.74) is -1.79. The minimum Gasteiger partial charge on any atom is -0.361 e. The topological polar surface area (TPSA) is 56.4 Å². The molecular weight excluding hydrogens is 579 g/mol. The molecule has 0 bridgehead atoms. The molecule has 5 rings (SSSR count). The number of alkyl halides is 6. The number of fused-ring (bicyclic) bond motifs is 1. The maximum atomic E-state index is 13.6. The van der Waals surface area contributed by atoms with Crippen LogP contribution in [0.4, 0.5) is 30.7 Å². The summed E-state index contributed by atoms with van der Waals surface area (Å²) in [7, 11) is 0. The molecule has 3 aromatic carbocycles. The SMILES string of the molecule is O=C(C=Cc1ccc(F)cc1)N1CCN(C(=O)c2cc(C(F)(F)F)cc(C(F)(F)F)c2)C(Cc2c[nH]c3ccccc23)C1. The highest BCUT2D eigenvalue weighted by Gasteiger charge is 2.39. The van der Waals surface area contributed by atoms with Gasteiger partial charge in [-0.15, -0.1) is 0 Å². The van der Waals surface area contributed by atoms with E-state index in [1.807, 2.05) is 18.2 Å². The number of hydrogen-bond acceptors (Lipinski definition) is 2. The molecule has 1 atom stereocenters. The van der Waals surface area contributed by atoms with Crippen LogP contribution in [0, 0.1) is 5.82 Å². The number of carbonyl (C=O) groups is 2. The van der Waals surface area contributed by atoms with Gasteiger partial charge in [0.2, 0.25) is 5.91 Å². The Hall–Kier alpha value is -4.61. The number of aromatic amines is 1. The Bertz CT molecular complexity index is 1640. The van der Waals surface area contributed by atoms with E-state index in [-0.39, 0.29) is 32.1 Å². The zero-order chi connectivity index (χ0) is 30.9. The predicted octanol–water partition coefficient (Wildman–Crippen LogP) is 6.95. The van der Waals surface area contributed by atoms with Gasteiger partial charge in [0.1, 0.15) is 5.82 Å². The zero-order valence-electron chi connectivity index (χ0n) is 22.3. The number of halogens is 7. The second-order valence-corrected chi connectivity index (χ2v) is 10.2. The summed E-state index contributed by atoms with van der Waals surface area (Å²) in [6, 6.07) is 12.8. The van der Waals surface area contributed by atoms with Gasteiger partial charge < -0.3 is 14.8 Å². The van der Waals surface area contributed by atoms with Crippen molar-refractivity contribution < 1.29 is 40.3 Å². The lowest BCUT2D eigenvalue weighted by Crippen LogP contribution is -2.57. The van der Waals surface area contributed by atoms with Crippen molar-refractivity contribution in [3.63, 3.8) is 0 Å². The zero-order valence-corrected chi connectivity index (χ0v) is 22.3. The lowest BCUT2D eigenvalue weighted by atomic mass is 9.98. The summed E-state index contributed by atoms with van der Waals surface area (Å²) < 4.78 is 94.3. The van der Waals surface area contributed by atoms with Crippen LogP contribution in [0.15, 0.2) is 79.0 Å². The molecule has 0 spiro atoms. The number of H-pyrrole nitrogens is 1. The van der Waals surface area contributed by atoms with Gasteiger partial charge in [-0.1, -0.05) is 30.3 Å². The van der Waals surface area contributed by atoms with Gasteiger partial charge in [-0.25, -0.2) is 4.39 Å². The third-order valence-corrected chi connectivity index (χ3v) is 7.31. The standard InChI is InChI=1S/C31H24F7N3O2/c32-24-8-5-19(6-9-24)7-10-28(42)40-11-12-41(25(18-40)15-21-17-39-27-4-2-1-3-26(21)27)29(43)20-13-22(30(33,34)35)16-23(14-20)31(36,37)38/h1-10,13-14,16-17,25,39H,11-12,15,18H2. The van der Waals surface area contributed by atoms with E-state index in [9.17, 15) is 40.3 Å². The van der Waals surface area contributed by atoms with Crippen LogP contribution in [0.25, 0.3) is 17.0 Å². The van der Waals surface area contributed by atoms with Crippen molar-refractivity contribution in [3.05, 3.63) is 113 Å². The molecule has 1 fully saturated rings. The Morgan fingerprint density at radius 2 is 1.53 bits per heavy atom. The number of nitrogens with one attached hydrogen (secondary N) is 1. The highest BCUT2D eigenvalue weighted by Crippen LogP contribution is 2.37. The molecule has 2 amide bonds. The average Bonchev–Trinajstić information content (AvgIpc) is 3.38. The second kappa shape index (κ2) is 11.6. The summed E-state index contributed by atoms with van der Waals surface area (Å²) in [5, 5.41) is 0.827. The van der Waals surface area contributed by atoms with E-state index >= 15 is 0 Å². The minimum atomic E-state index is -5.11. The minimum absolute atomic E-state index is 0.00615. The van der Waals surface area contributed by atoms with Crippen LogP contribution in [-0.2, 0) is 23.6 Å². The van der Waals surface area contributed by atoms with Crippen LogP contribution in [0.3, 0.4) is 0 Å². The number of amides is 2. The molecule has 12 heteroatoms. The van der Waals surface area contributed by atoms with Crippen molar-refractivity contribution >= 4 is 28.8 Å². The quantitative estimate of drug-likeness (QED) is 0.198. The Labute approximate surface area is 241 Å². The third-order valence-electron chi connectivity index (χ3n) is 7.31. The number of piperazine rings is 1. The molecule has 5 nitrogen and oxygen atoms in total. The highest BCUT2D eigenvalue weighted by molar-refractivity contribution is 5.96. The van der Waals surface area contributed by atoms with Crippen molar-refractivity contribution in [2.75, 3.05) is 19.6 Å². The van der Waals surface area contributed by atoms with Crippen LogP contribution in [0.5, 0.6) is 0 Å². The molecule has 1 aliphatic rings. The molecule has 4 aromatic rings. The fraction of sp³-hybridized carbons (Fsp3) is 0.226. The number of carbonyl (C=O) groups excluding carboxylic acids is 2. The lowest BCUT2D eigenvalue weighted by molar-refractivity contribution is -0.143. The fourth-order valence-corrected chi connectivity index (χ4v) is 5.14. The van der Waals surface area contributed by atoms with Gasteiger partial charge in [-0.05, 0) is 60.0 Å². The van der Waals surface area contributed by atoms with E-state index in [1.165, 1.54) is 46.2 Å². The second-order valence-electron chi connectivity index (χ2n) is 10.2. The van der Waals surface area contributed by atoms with Gasteiger partial charge in [-0.3, -0.25) is 9.59 Å². The molecule has 224 valence electrons. The molecular formula is C31H24F7N3O2. The van der Waals surface area contributed by atoms with E-state index in [2.05, 4.69) is 4.98 Å². The predicted molar refractivity (Wildman–Crippen MR) is 145 cm³/mol. The van der Waals surface area contributed by atoms with Gasteiger partial charge in [0.05, 0.1) is 17.2 Å². The maximum absolute atomic E-state index is 13.6. The van der Waals surface area contributed by atoms with Crippen molar-refractivity contribution in [3.8, 4) is 0 Å². The number of hydrogen-bond donors (Lipinski definition) is 1. The van der Waals surface area contributed by atoms with Crippen LogP contribution in [0.2, 0.25) is 0 Å². The Kier molecular flexibility index (Phi) is 8.04. The first-order valence-electron chi connectivity index (χ1n) is 13.2. The van der Waals surface area contributed by atoms with Gasteiger partial charge >= 0.3 is 12.4 Å². The van der Waals surface area contributed by atoms with E-state index in [4.69, 9.17) is 0 Å². The van der Waals surface area contributed by atoms with Crippen LogP contribution in [0.1, 0.15) is 32.6 Å². The molecule has 1 N–H and O–H groups in total. The van der Waals surface area contributed by atoms with E-state index in [0.717, 1.165) is 16.5 Å². The molecule has 0 saturated carbocycles. The lowest BCUT2D eigenvalue weighted by Gasteiger charge is -2.41. The summed E-state index contributed by atoms with van der Waals surface area (Å²) >= 11 is 0. The molecule has 1 saturated heterocycles. The molecule has 2 heterocycles. The number of para-hydroxylation sites is 1. The Balaban J connectivity index is 1.46. The first kappa shape index (κ1) is 29.9. The monoisotopic (exact) mass is 603 g/mol. The number of benzene rings is 3. The van der Waals surface area contributed by atoms with Gasteiger partial charge in [0.25, 0.3) is 5.91 Å².